The molecule has 1 fully saturated rings. The lowest BCUT2D eigenvalue weighted by Gasteiger charge is -2.25. The predicted molar refractivity (Wildman–Crippen MR) is 90.9 cm³/mol. The molecule has 24 heavy (non-hydrogen) atoms. The van der Waals surface area contributed by atoms with Crippen molar-refractivity contribution >= 4 is 12.1 Å². The summed E-state index contributed by atoms with van der Waals surface area (Å²) in [6.45, 7) is 8.51. The molecule has 1 aliphatic heterocycles. The topological polar surface area (TPSA) is 78.9 Å². The van der Waals surface area contributed by atoms with Crippen LogP contribution in [0.3, 0.4) is 0 Å². The fraction of sp³-hybridized carbons (Fsp3) is 0.556. The van der Waals surface area contributed by atoms with Crippen LogP contribution in [0.2, 0.25) is 0 Å². The van der Waals surface area contributed by atoms with E-state index in [4.69, 9.17) is 4.74 Å². The molecule has 0 aliphatic carbocycles. The van der Waals surface area contributed by atoms with Crippen LogP contribution >= 0.6 is 0 Å². The maximum Gasteiger partial charge on any atom is 0.407 e. The van der Waals surface area contributed by atoms with Crippen LogP contribution in [0.4, 0.5) is 4.79 Å². The molecule has 0 radical (unpaired) electrons. The van der Waals surface area contributed by atoms with E-state index in [9.17, 15) is 14.7 Å². The van der Waals surface area contributed by atoms with Gasteiger partial charge >= 0.3 is 12.1 Å². The van der Waals surface area contributed by atoms with Crippen LogP contribution in [-0.4, -0.2) is 46.8 Å². The second-order valence-electron chi connectivity index (χ2n) is 7.28. The highest BCUT2D eigenvalue weighted by atomic mass is 16.6. The Hall–Kier alpha value is -2.08. The summed E-state index contributed by atoms with van der Waals surface area (Å²) < 4.78 is 5.26. The smallest absolute Gasteiger partial charge is 0.407 e. The average molecular weight is 334 g/mol. The maximum absolute atomic E-state index is 11.9. The minimum Gasteiger partial charge on any atom is -0.480 e. The van der Waals surface area contributed by atoms with Crippen LogP contribution in [0.25, 0.3) is 0 Å². The highest BCUT2D eigenvalue weighted by Gasteiger charge is 2.34. The van der Waals surface area contributed by atoms with E-state index in [1.807, 2.05) is 56.9 Å². The van der Waals surface area contributed by atoms with Crippen molar-refractivity contribution in [1.82, 2.24) is 10.2 Å². The van der Waals surface area contributed by atoms with Gasteiger partial charge in [0.25, 0.3) is 0 Å². The number of rotatable bonds is 4. The van der Waals surface area contributed by atoms with Gasteiger partial charge < -0.3 is 15.2 Å². The minimum absolute atomic E-state index is 0.104. The summed E-state index contributed by atoms with van der Waals surface area (Å²) in [5.41, 5.74) is 1.30. The molecule has 6 nitrogen and oxygen atoms in total. The zero-order chi connectivity index (χ0) is 17.9. The number of carbonyl (C=O) groups is 2. The SMILES string of the molecule is Cc1ccc([C@H](C(=O)O)N2CC[C@@H](NC(=O)OC(C)(C)C)C2)cc1. The number of alkyl carbamates (subject to hydrolysis) is 1. The molecule has 6 heteroatoms. The largest absolute Gasteiger partial charge is 0.480 e. The van der Waals surface area contributed by atoms with Crippen molar-refractivity contribution in [2.75, 3.05) is 13.1 Å². The number of amides is 1. The molecule has 2 N–H and O–H groups in total. The number of aryl methyl sites for hydroxylation is 1. The Labute approximate surface area is 142 Å². The summed E-state index contributed by atoms with van der Waals surface area (Å²) in [7, 11) is 0. The number of carboxylic acid groups (broad SMARTS) is 1. The van der Waals surface area contributed by atoms with Crippen molar-refractivity contribution in [1.29, 1.82) is 0 Å². The van der Waals surface area contributed by atoms with Crippen molar-refractivity contribution < 1.29 is 19.4 Å². The van der Waals surface area contributed by atoms with Gasteiger partial charge in [-0.15, -0.1) is 0 Å². The van der Waals surface area contributed by atoms with Crippen LogP contribution in [0.5, 0.6) is 0 Å². The lowest BCUT2D eigenvalue weighted by Crippen LogP contribution is -2.41. The summed E-state index contributed by atoms with van der Waals surface area (Å²) in [4.78, 5) is 25.5. The van der Waals surface area contributed by atoms with E-state index in [1.54, 1.807) is 0 Å². The Kier molecular flexibility index (Phi) is 5.49. The van der Waals surface area contributed by atoms with E-state index in [1.165, 1.54) is 0 Å². The summed E-state index contributed by atoms with van der Waals surface area (Å²) in [6, 6.07) is 6.73. The van der Waals surface area contributed by atoms with Gasteiger partial charge in [0.15, 0.2) is 0 Å². The second-order valence-corrected chi connectivity index (χ2v) is 7.28. The number of hydrogen-bond acceptors (Lipinski definition) is 4. The number of nitrogens with one attached hydrogen (secondary N) is 1. The summed E-state index contributed by atoms with van der Waals surface area (Å²) >= 11 is 0. The molecule has 0 bridgehead atoms. The van der Waals surface area contributed by atoms with Crippen molar-refractivity contribution in [2.24, 2.45) is 0 Å². The van der Waals surface area contributed by atoms with Gasteiger partial charge in [-0.2, -0.15) is 0 Å². The van der Waals surface area contributed by atoms with Crippen LogP contribution in [0.1, 0.15) is 44.4 Å². The monoisotopic (exact) mass is 334 g/mol. The number of aliphatic carboxylic acids is 1. The molecule has 1 amide bonds. The molecule has 1 heterocycles. The van der Waals surface area contributed by atoms with E-state index < -0.39 is 23.7 Å². The lowest BCUT2D eigenvalue weighted by molar-refractivity contribution is -0.143. The van der Waals surface area contributed by atoms with E-state index in [0.717, 1.165) is 11.1 Å². The third kappa shape index (κ3) is 4.96. The van der Waals surface area contributed by atoms with Gasteiger partial charge in [0, 0.05) is 19.1 Å². The summed E-state index contributed by atoms with van der Waals surface area (Å²) in [5.74, 6) is -0.878. The summed E-state index contributed by atoms with van der Waals surface area (Å²) in [5, 5.41) is 12.4. The second kappa shape index (κ2) is 7.21. The molecule has 0 saturated carbocycles. The molecule has 132 valence electrons. The minimum atomic E-state index is -0.878. The molecule has 0 spiro atoms. The van der Waals surface area contributed by atoms with Gasteiger partial charge in [0.1, 0.15) is 11.6 Å². The Bertz CT molecular complexity index is 592. The molecule has 1 aromatic rings. The molecule has 0 aromatic heterocycles. The number of hydrogen-bond donors (Lipinski definition) is 2. The highest BCUT2D eigenvalue weighted by Crippen LogP contribution is 2.26. The van der Waals surface area contributed by atoms with Gasteiger partial charge in [-0.05, 0) is 39.7 Å². The normalized spacial score (nSPS) is 19.8. The third-order valence-corrected chi connectivity index (χ3v) is 3.93. The van der Waals surface area contributed by atoms with Crippen molar-refractivity contribution in [2.45, 2.75) is 51.8 Å². The van der Waals surface area contributed by atoms with E-state index >= 15 is 0 Å². The molecule has 0 unspecified atom stereocenters. The lowest BCUT2D eigenvalue weighted by atomic mass is 10.0. The van der Waals surface area contributed by atoms with Crippen LogP contribution < -0.4 is 5.32 Å². The number of carboxylic acids is 1. The molecule has 2 atom stereocenters. The van der Waals surface area contributed by atoms with Gasteiger partial charge in [-0.1, -0.05) is 29.8 Å². The first-order chi connectivity index (χ1) is 11.2. The Morgan fingerprint density at radius 1 is 1.29 bits per heavy atom. The van der Waals surface area contributed by atoms with Crippen molar-refractivity contribution in [3.8, 4) is 0 Å². The van der Waals surface area contributed by atoms with Crippen LogP contribution in [0, 0.1) is 6.92 Å². The molecule has 2 rings (SSSR count). The fourth-order valence-corrected chi connectivity index (χ4v) is 2.87. The number of nitrogens with zero attached hydrogens (tertiary/aromatic N) is 1. The van der Waals surface area contributed by atoms with E-state index in [-0.39, 0.29) is 6.04 Å². The Morgan fingerprint density at radius 3 is 2.46 bits per heavy atom. The fourth-order valence-electron chi connectivity index (χ4n) is 2.87. The first-order valence-corrected chi connectivity index (χ1v) is 8.18. The van der Waals surface area contributed by atoms with Gasteiger partial charge in [0.05, 0.1) is 0 Å². The zero-order valence-corrected chi connectivity index (χ0v) is 14.7. The van der Waals surface area contributed by atoms with E-state index in [2.05, 4.69) is 5.32 Å². The maximum atomic E-state index is 11.9. The third-order valence-electron chi connectivity index (χ3n) is 3.93. The highest BCUT2D eigenvalue weighted by molar-refractivity contribution is 5.75. The number of likely N-dealkylation sites (tertiary alicyclic amines) is 1. The van der Waals surface area contributed by atoms with Crippen LogP contribution in [0.15, 0.2) is 24.3 Å². The molecule has 1 saturated heterocycles. The standard InChI is InChI=1S/C18H26N2O4/c1-12-5-7-13(8-6-12)15(16(21)22)20-10-9-14(11-20)19-17(23)24-18(2,3)4/h5-8,14-15H,9-11H2,1-4H3,(H,19,23)(H,21,22)/t14-,15-/m1/s1. The summed E-state index contributed by atoms with van der Waals surface area (Å²) in [6.07, 6.45) is 0.242. The number of carbonyl (C=O) groups excluding carboxylic acids is 1. The zero-order valence-electron chi connectivity index (χ0n) is 14.7. The van der Waals surface area contributed by atoms with Gasteiger partial charge in [-0.25, -0.2) is 4.79 Å². The average Bonchev–Trinajstić information content (AvgIpc) is 2.86. The first-order valence-electron chi connectivity index (χ1n) is 8.18. The Balaban J connectivity index is 2.00. The van der Waals surface area contributed by atoms with Gasteiger partial charge in [0.2, 0.25) is 0 Å². The van der Waals surface area contributed by atoms with Crippen LogP contribution in [-0.2, 0) is 9.53 Å². The first kappa shape index (κ1) is 18.3. The molecule has 1 aromatic carbocycles. The van der Waals surface area contributed by atoms with Crippen molar-refractivity contribution in [3.05, 3.63) is 35.4 Å². The number of ether oxygens (including phenoxy) is 1. The molecule has 1 aliphatic rings. The Morgan fingerprint density at radius 2 is 1.92 bits per heavy atom. The molecular formula is C18H26N2O4. The van der Waals surface area contributed by atoms with Gasteiger partial charge in [-0.3, -0.25) is 9.69 Å². The number of benzene rings is 1. The predicted octanol–water partition coefficient (Wildman–Crippen LogP) is 2.72. The van der Waals surface area contributed by atoms with E-state index in [0.29, 0.717) is 19.5 Å². The van der Waals surface area contributed by atoms with Crippen molar-refractivity contribution in [3.63, 3.8) is 0 Å². The quantitative estimate of drug-likeness (QED) is 0.885. The molecular weight excluding hydrogens is 308 g/mol.